The molecule has 0 radical (unpaired) electrons. The van der Waals surface area contributed by atoms with Crippen molar-refractivity contribution in [2.24, 2.45) is 4.99 Å². The van der Waals surface area contributed by atoms with Gasteiger partial charge in [-0.15, -0.1) is 0 Å². The van der Waals surface area contributed by atoms with E-state index >= 15 is 0 Å². The maximum absolute atomic E-state index is 10.7. The van der Waals surface area contributed by atoms with Crippen molar-refractivity contribution in [2.75, 3.05) is 0 Å². The van der Waals surface area contributed by atoms with Crippen molar-refractivity contribution in [2.45, 2.75) is 44.8 Å². The fraction of sp³-hybridized carbons (Fsp3) is 0.159. The molecule has 0 unspecified atom stereocenters. The molecule has 0 heterocycles. The van der Waals surface area contributed by atoms with E-state index in [0.717, 1.165) is 38.7 Å². The van der Waals surface area contributed by atoms with Crippen LogP contribution in [0.2, 0.25) is 0 Å². The van der Waals surface area contributed by atoms with Crippen LogP contribution in [-0.4, -0.2) is 33.8 Å². The molecular weight excluding hydrogens is 708 g/mol. The van der Waals surface area contributed by atoms with Gasteiger partial charge in [0, 0.05) is 29.8 Å². The largest absolute Gasteiger partial charge is 0.741 e. The van der Waals surface area contributed by atoms with Gasteiger partial charge in [0.2, 0.25) is 0 Å². The SMILES string of the molecule is O=S(=O)([O-])C(F)(F)F.c1ccc(CN=C(N(Cc2ccccc2)Cc2ccccc2)[N+](Cc2ccccc2)(Cc2ccccc2)Cc2ccccc2)cc1. The van der Waals surface area contributed by atoms with Crippen molar-refractivity contribution < 1.29 is 30.6 Å². The van der Waals surface area contributed by atoms with Gasteiger partial charge in [0.05, 0.1) is 6.54 Å². The zero-order chi connectivity index (χ0) is 38.3. The highest BCUT2D eigenvalue weighted by Crippen LogP contribution is 2.29. The highest BCUT2D eigenvalue weighted by Gasteiger charge is 2.40. The first-order valence-corrected chi connectivity index (χ1v) is 18.8. The average molecular weight is 750 g/mol. The van der Waals surface area contributed by atoms with Crippen LogP contribution in [0.5, 0.6) is 0 Å². The molecule has 0 saturated heterocycles. The summed E-state index contributed by atoms with van der Waals surface area (Å²) in [6, 6.07) is 65.1. The van der Waals surface area contributed by atoms with Gasteiger partial charge in [0.25, 0.3) is 0 Å². The fourth-order valence-electron chi connectivity index (χ4n) is 6.28. The Morgan fingerprint density at radius 1 is 0.500 bits per heavy atom. The third-order valence-electron chi connectivity index (χ3n) is 8.65. The Morgan fingerprint density at radius 2 is 0.759 bits per heavy atom. The van der Waals surface area contributed by atoms with Gasteiger partial charge in [0.15, 0.2) is 10.1 Å². The number of hydrogen-bond acceptors (Lipinski definition) is 4. The van der Waals surface area contributed by atoms with E-state index in [1.165, 1.54) is 33.4 Å². The van der Waals surface area contributed by atoms with Crippen LogP contribution in [0, 0.1) is 0 Å². The smallest absolute Gasteiger partial charge is 0.485 e. The molecule has 10 heteroatoms. The van der Waals surface area contributed by atoms with Crippen molar-refractivity contribution in [1.29, 1.82) is 0 Å². The molecule has 6 aromatic rings. The number of hydrogen-bond donors (Lipinski definition) is 0. The summed E-state index contributed by atoms with van der Waals surface area (Å²) in [5.74, 6) is 1.09. The summed E-state index contributed by atoms with van der Waals surface area (Å²) in [6.45, 7) is 4.52. The van der Waals surface area contributed by atoms with Gasteiger partial charge in [0.1, 0.15) is 19.6 Å². The van der Waals surface area contributed by atoms with E-state index in [0.29, 0.717) is 11.0 Å². The molecule has 0 N–H and O–H groups in total. The number of nitrogens with zero attached hydrogens (tertiary/aromatic N) is 3. The van der Waals surface area contributed by atoms with Gasteiger partial charge >= 0.3 is 11.5 Å². The van der Waals surface area contributed by atoms with E-state index in [1.807, 2.05) is 0 Å². The monoisotopic (exact) mass is 749 g/mol. The van der Waals surface area contributed by atoms with E-state index < -0.39 is 15.6 Å². The lowest BCUT2D eigenvalue weighted by atomic mass is 10.1. The second-order valence-corrected chi connectivity index (χ2v) is 14.3. The van der Waals surface area contributed by atoms with E-state index in [4.69, 9.17) is 18.0 Å². The van der Waals surface area contributed by atoms with Crippen LogP contribution in [0.1, 0.15) is 33.4 Å². The van der Waals surface area contributed by atoms with E-state index in [2.05, 4.69) is 187 Å². The fourth-order valence-corrected chi connectivity index (χ4v) is 6.28. The van der Waals surface area contributed by atoms with Gasteiger partial charge in [-0.3, -0.25) is 0 Å². The number of guanidine groups is 1. The number of quaternary nitrogens is 1. The number of aliphatic imine (C=N–C) groups is 1. The van der Waals surface area contributed by atoms with Gasteiger partial charge in [-0.1, -0.05) is 182 Å². The van der Waals surface area contributed by atoms with E-state index in [-0.39, 0.29) is 0 Å². The maximum atomic E-state index is 10.7. The third kappa shape index (κ3) is 12.0. The zero-order valence-corrected chi connectivity index (χ0v) is 30.5. The quantitative estimate of drug-likeness (QED) is 0.0411. The van der Waals surface area contributed by atoms with Gasteiger partial charge in [-0.25, -0.2) is 17.9 Å². The highest BCUT2D eigenvalue weighted by atomic mass is 32.2. The van der Waals surface area contributed by atoms with Crippen LogP contribution in [0.25, 0.3) is 0 Å². The average Bonchev–Trinajstić information content (AvgIpc) is 3.17. The Morgan fingerprint density at radius 3 is 1.04 bits per heavy atom. The Balaban J connectivity index is 0.000000631. The third-order valence-corrected chi connectivity index (χ3v) is 9.22. The predicted molar refractivity (Wildman–Crippen MR) is 206 cm³/mol. The minimum absolute atomic E-state index is 0.606. The molecule has 0 aromatic heterocycles. The minimum Gasteiger partial charge on any atom is -0.741 e. The summed E-state index contributed by atoms with van der Waals surface area (Å²) < 4.78 is 59.5. The van der Waals surface area contributed by atoms with Crippen molar-refractivity contribution in [1.82, 2.24) is 4.90 Å². The Labute approximate surface area is 315 Å². The van der Waals surface area contributed by atoms with Crippen molar-refractivity contribution >= 4 is 16.1 Å². The normalized spacial score (nSPS) is 12.0. The second kappa shape index (κ2) is 19.0. The van der Waals surface area contributed by atoms with E-state index in [9.17, 15) is 13.2 Å². The molecular formula is C44H42F3N3O3S. The summed E-state index contributed by atoms with van der Waals surface area (Å²) in [5, 5.41) is 0. The van der Waals surface area contributed by atoms with Crippen molar-refractivity contribution in [3.05, 3.63) is 215 Å². The molecule has 0 amide bonds. The summed E-state index contributed by atoms with van der Waals surface area (Å²) in [4.78, 5) is 8.19. The molecule has 0 aliphatic heterocycles. The molecule has 0 aliphatic carbocycles. The molecule has 0 aliphatic rings. The maximum Gasteiger partial charge on any atom is 0.485 e. The van der Waals surface area contributed by atoms with Crippen molar-refractivity contribution in [3.63, 3.8) is 0 Å². The van der Waals surface area contributed by atoms with Crippen LogP contribution >= 0.6 is 0 Å². The van der Waals surface area contributed by atoms with Crippen LogP contribution < -0.4 is 0 Å². The summed E-state index contributed by atoms with van der Waals surface area (Å²) >= 11 is 0. The Kier molecular flexibility index (Phi) is 13.9. The van der Waals surface area contributed by atoms with Crippen LogP contribution in [0.15, 0.2) is 187 Å². The van der Waals surface area contributed by atoms with Gasteiger partial charge in [-0.2, -0.15) is 13.2 Å². The molecule has 278 valence electrons. The number of benzene rings is 6. The van der Waals surface area contributed by atoms with Crippen molar-refractivity contribution in [3.8, 4) is 0 Å². The molecule has 0 spiro atoms. The van der Waals surface area contributed by atoms with Crippen LogP contribution in [0.4, 0.5) is 13.2 Å². The van der Waals surface area contributed by atoms with Crippen LogP contribution in [0.3, 0.4) is 0 Å². The first-order chi connectivity index (χ1) is 26.0. The molecule has 0 bridgehead atoms. The summed E-state index contributed by atoms with van der Waals surface area (Å²) in [6.07, 6.45) is 0. The zero-order valence-electron chi connectivity index (χ0n) is 29.7. The lowest BCUT2D eigenvalue weighted by Gasteiger charge is -2.43. The summed E-state index contributed by atoms with van der Waals surface area (Å²) in [5.41, 5.74) is 1.97. The second-order valence-electron chi connectivity index (χ2n) is 12.9. The lowest BCUT2D eigenvalue weighted by Crippen LogP contribution is -2.57. The predicted octanol–water partition coefficient (Wildman–Crippen LogP) is 9.71. The Hall–Kier alpha value is -5.55. The molecule has 0 fully saturated rings. The number of halogens is 3. The first-order valence-electron chi connectivity index (χ1n) is 17.4. The van der Waals surface area contributed by atoms with E-state index in [1.54, 1.807) is 0 Å². The molecule has 6 aromatic carbocycles. The number of rotatable bonds is 12. The number of alkyl halides is 3. The highest BCUT2D eigenvalue weighted by molar-refractivity contribution is 7.86. The van der Waals surface area contributed by atoms with Crippen LogP contribution in [-0.2, 0) is 49.4 Å². The lowest BCUT2D eigenvalue weighted by molar-refractivity contribution is -0.888. The molecule has 54 heavy (non-hydrogen) atoms. The molecule has 6 rings (SSSR count). The minimum atomic E-state index is -6.09. The van der Waals surface area contributed by atoms with Gasteiger partial charge in [-0.05, 0) is 16.7 Å². The molecule has 6 nitrogen and oxygen atoms in total. The standard InChI is InChI=1S/C43H42N3.CHF3O3S/c1-7-19-37(20-8-1)31-44-43(45(32-38-21-9-2-10-22-38)33-39-23-11-3-12-24-39)46(34-40-25-13-4-14-26-40,35-41-27-15-5-16-28-41)36-42-29-17-6-18-30-42;2-1(3,4)8(5,6)7/h1-30H,31-36H2;(H,5,6,7)/q+1;/p-1. The summed E-state index contributed by atoms with van der Waals surface area (Å²) in [7, 11) is -6.09. The Bertz CT molecular complexity index is 1980. The molecule has 0 saturated carbocycles. The molecule has 0 atom stereocenters. The first kappa shape index (κ1) is 39.7. The topological polar surface area (TPSA) is 72.8 Å². The van der Waals surface area contributed by atoms with Gasteiger partial charge < -0.3 is 9.45 Å².